The molecule has 3 aromatic carbocycles. The van der Waals surface area contributed by atoms with Crippen LogP contribution in [0.5, 0.6) is 5.75 Å². The van der Waals surface area contributed by atoms with Crippen LogP contribution in [0.4, 0.5) is 5.69 Å². The Labute approximate surface area is 251 Å². The minimum Gasteiger partial charge on any atom is -0.488 e. The molecule has 0 saturated carbocycles. The average Bonchev–Trinajstić information content (AvgIpc) is 2.92. The summed E-state index contributed by atoms with van der Waals surface area (Å²) in [6, 6.07) is 16.3. The maximum atomic E-state index is 13.7. The lowest BCUT2D eigenvalue weighted by Gasteiger charge is -2.38. The van der Waals surface area contributed by atoms with Crippen LogP contribution in [0.15, 0.2) is 65.6 Å². The van der Waals surface area contributed by atoms with Gasteiger partial charge in [-0.1, -0.05) is 53.9 Å². The highest BCUT2D eigenvalue weighted by atomic mass is 35.5. The van der Waals surface area contributed by atoms with Gasteiger partial charge in [-0.05, 0) is 68.9 Å². The van der Waals surface area contributed by atoms with Gasteiger partial charge < -0.3 is 14.7 Å². The predicted octanol–water partition coefficient (Wildman–Crippen LogP) is 5.45. The summed E-state index contributed by atoms with van der Waals surface area (Å²) in [5, 5.41) is 10.9. The van der Waals surface area contributed by atoms with Crippen molar-refractivity contribution >= 4 is 44.8 Å². The standard InChI is InChI=1S/C30H35Cl2N3O5S/c1-19-5-9-24(10-6-19)41(38,39)33-23-8-12-28-25(14-23)30(37)35(21(3)18-36)15-20(2)29(40-28)17-34(4)16-22-7-11-26(31)27(32)13-22/h5-14,20-21,29,33,36H,15-18H2,1-4H3/t20-,21-,29+/m0/s1. The molecule has 2 N–H and O–H groups in total. The van der Waals surface area contributed by atoms with E-state index in [0.717, 1.165) is 11.1 Å². The first-order valence-electron chi connectivity index (χ1n) is 13.3. The molecule has 1 amide bonds. The fourth-order valence-electron chi connectivity index (χ4n) is 4.76. The van der Waals surface area contributed by atoms with Crippen molar-refractivity contribution in [2.24, 2.45) is 5.92 Å². The van der Waals surface area contributed by atoms with Crippen LogP contribution in [0, 0.1) is 12.8 Å². The summed E-state index contributed by atoms with van der Waals surface area (Å²) < 4.78 is 35.1. The van der Waals surface area contributed by atoms with Gasteiger partial charge in [0.1, 0.15) is 11.9 Å². The number of aliphatic hydroxyl groups excluding tert-OH is 1. The van der Waals surface area contributed by atoms with Gasteiger partial charge in [0.25, 0.3) is 15.9 Å². The maximum absolute atomic E-state index is 13.7. The molecule has 0 saturated heterocycles. The zero-order chi connectivity index (χ0) is 29.9. The molecule has 41 heavy (non-hydrogen) atoms. The van der Waals surface area contributed by atoms with Gasteiger partial charge in [0.15, 0.2) is 0 Å². The lowest BCUT2D eigenvalue weighted by molar-refractivity contribution is 0.0341. The molecule has 11 heteroatoms. The van der Waals surface area contributed by atoms with Crippen molar-refractivity contribution in [2.45, 2.75) is 44.4 Å². The minimum absolute atomic E-state index is 0.0722. The van der Waals surface area contributed by atoms with E-state index in [1.807, 2.05) is 33.0 Å². The summed E-state index contributed by atoms with van der Waals surface area (Å²) in [6.07, 6.45) is -0.307. The quantitative estimate of drug-likeness (QED) is 0.330. The van der Waals surface area contributed by atoms with Gasteiger partial charge >= 0.3 is 0 Å². The molecule has 0 spiro atoms. The first-order chi connectivity index (χ1) is 19.4. The van der Waals surface area contributed by atoms with Crippen LogP contribution in [0.3, 0.4) is 0 Å². The molecule has 0 aliphatic carbocycles. The van der Waals surface area contributed by atoms with E-state index in [0.29, 0.717) is 35.4 Å². The molecule has 3 aromatic rings. The summed E-state index contributed by atoms with van der Waals surface area (Å²) in [4.78, 5) is 17.6. The summed E-state index contributed by atoms with van der Waals surface area (Å²) in [7, 11) is -1.90. The van der Waals surface area contributed by atoms with Crippen LogP contribution in [0.25, 0.3) is 0 Å². The lowest BCUT2D eigenvalue weighted by Crippen LogP contribution is -2.49. The predicted molar refractivity (Wildman–Crippen MR) is 162 cm³/mol. The fraction of sp³-hybridized carbons (Fsp3) is 0.367. The number of ether oxygens (including phenoxy) is 1. The average molecular weight is 621 g/mol. The number of anilines is 1. The van der Waals surface area contributed by atoms with Gasteiger partial charge in [-0.2, -0.15) is 0 Å². The number of sulfonamides is 1. The third-order valence-corrected chi connectivity index (χ3v) is 9.31. The molecule has 1 aliphatic heterocycles. The number of likely N-dealkylation sites (N-methyl/N-ethyl adjacent to an activating group) is 1. The highest BCUT2D eigenvalue weighted by molar-refractivity contribution is 7.92. The number of carbonyl (C=O) groups excluding carboxylic acids is 1. The Morgan fingerprint density at radius 3 is 2.46 bits per heavy atom. The molecular weight excluding hydrogens is 585 g/mol. The Kier molecular flexibility index (Phi) is 9.87. The normalized spacial score (nSPS) is 18.3. The summed E-state index contributed by atoms with van der Waals surface area (Å²) >= 11 is 12.3. The number of benzene rings is 3. The van der Waals surface area contributed by atoms with E-state index in [-0.39, 0.29) is 40.7 Å². The number of halogens is 2. The third kappa shape index (κ3) is 7.53. The second-order valence-corrected chi connectivity index (χ2v) is 13.2. The highest BCUT2D eigenvalue weighted by Crippen LogP contribution is 2.32. The van der Waals surface area contributed by atoms with Crippen LogP contribution in [0.2, 0.25) is 10.0 Å². The Morgan fingerprint density at radius 1 is 1.10 bits per heavy atom. The zero-order valence-electron chi connectivity index (χ0n) is 23.5. The van der Waals surface area contributed by atoms with E-state index in [9.17, 15) is 18.3 Å². The summed E-state index contributed by atoms with van der Waals surface area (Å²) in [5.74, 6) is -0.0626. The number of hydrogen-bond acceptors (Lipinski definition) is 6. The van der Waals surface area contributed by atoms with E-state index in [4.69, 9.17) is 27.9 Å². The van der Waals surface area contributed by atoms with Crippen molar-refractivity contribution in [1.29, 1.82) is 0 Å². The van der Waals surface area contributed by atoms with Crippen molar-refractivity contribution in [1.82, 2.24) is 9.80 Å². The van der Waals surface area contributed by atoms with Crippen molar-refractivity contribution in [3.05, 3.63) is 87.4 Å². The Bertz CT molecular complexity index is 1500. The molecule has 4 rings (SSSR count). The number of carbonyl (C=O) groups is 1. The number of aliphatic hydroxyl groups is 1. The van der Waals surface area contributed by atoms with Crippen molar-refractivity contribution < 1.29 is 23.1 Å². The van der Waals surface area contributed by atoms with Crippen LogP contribution in [-0.2, 0) is 16.6 Å². The van der Waals surface area contributed by atoms with Crippen molar-refractivity contribution in [3.8, 4) is 5.75 Å². The minimum atomic E-state index is -3.88. The second-order valence-electron chi connectivity index (χ2n) is 10.7. The van der Waals surface area contributed by atoms with Gasteiger partial charge in [-0.25, -0.2) is 8.42 Å². The van der Waals surface area contributed by atoms with Gasteiger partial charge in [-0.15, -0.1) is 0 Å². The topological polar surface area (TPSA) is 99.2 Å². The molecule has 3 atom stereocenters. The van der Waals surface area contributed by atoms with Gasteiger partial charge in [0.05, 0.1) is 33.2 Å². The van der Waals surface area contributed by atoms with Gasteiger partial charge in [-0.3, -0.25) is 14.4 Å². The number of aryl methyl sites for hydroxylation is 1. The molecule has 0 aromatic heterocycles. The number of nitrogens with one attached hydrogen (secondary N) is 1. The molecular formula is C30H35Cl2N3O5S. The molecule has 8 nitrogen and oxygen atoms in total. The molecule has 0 radical (unpaired) electrons. The molecule has 0 bridgehead atoms. The maximum Gasteiger partial charge on any atom is 0.261 e. The molecule has 1 aliphatic rings. The first kappa shape index (κ1) is 31.1. The number of fused-ring (bicyclic) bond motifs is 1. The number of hydrogen-bond donors (Lipinski definition) is 2. The van der Waals surface area contributed by atoms with Crippen molar-refractivity contribution in [2.75, 3.05) is 31.5 Å². The van der Waals surface area contributed by atoms with Crippen LogP contribution >= 0.6 is 23.2 Å². The van der Waals surface area contributed by atoms with Gasteiger partial charge in [0.2, 0.25) is 0 Å². The largest absolute Gasteiger partial charge is 0.488 e. The number of amides is 1. The van der Waals surface area contributed by atoms with Crippen LogP contribution < -0.4 is 9.46 Å². The second kappa shape index (κ2) is 13.0. The number of nitrogens with zero attached hydrogens (tertiary/aromatic N) is 2. The first-order valence-corrected chi connectivity index (χ1v) is 15.6. The Balaban J connectivity index is 1.62. The van der Waals surface area contributed by atoms with Crippen molar-refractivity contribution in [3.63, 3.8) is 0 Å². The molecule has 1 heterocycles. The summed E-state index contributed by atoms with van der Waals surface area (Å²) in [6.45, 7) is 6.95. The number of rotatable bonds is 9. The third-order valence-electron chi connectivity index (χ3n) is 7.18. The van der Waals surface area contributed by atoms with Crippen LogP contribution in [0.1, 0.15) is 35.3 Å². The van der Waals surface area contributed by atoms with E-state index in [1.54, 1.807) is 42.2 Å². The van der Waals surface area contributed by atoms with Gasteiger partial charge in [0, 0.05) is 31.2 Å². The lowest BCUT2D eigenvalue weighted by atomic mass is 9.99. The summed E-state index contributed by atoms with van der Waals surface area (Å²) in [5.41, 5.74) is 2.40. The van der Waals surface area contributed by atoms with E-state index in [1.165, 1.54) is 18.2 Å². The Hall–Kier alpha value is -2.82. The zero-order valence-corrected chi connectivity index (χ0v) is 25.8. The van der Waals surface area contributed by atoms with E-state index in [2.05, 4.69) is 9.62 Å². The SMILES string of the molecule is Cc1ccc(S(=O)(=O)Nc2ccc3c(c2)C(=O)N([C@@H](C)CO)C[C@H](C)[C@@H](CN(C)Cc2ccc(Cl)c(Cl)c2)O3)cc1. The smallest absolute Gasteiger partial charge is 0.261 e. The fourth-order valence-corrected chi connectivity index (χ4v) is 6.13. The Morgan fingerprint density at radius 2 is 1.80 bits per heavy atom. The monoisotopic (exact) mass is 619 g/mol. The van der Waals surface area contributed by atoms with E-state index >= 15 is 0 Å². The molecule has 220 valence electrons. The highest BCUT2D eigenvalue weighted by Gasteiger charge is 2.33. The van der Waals surface area contributed by atoms with Crippen LogP contribution in [-0.4, -0.2) is 68.1 Å². The van der Waals surface area contributed by atoms with E-state index < -0.39 is 16.1 Å². The molecule has 0 fully saturated rings. The molecule has 0 unspecified atom stereocenters.